The maximum atomic E-state index is 12.6. The van der Waals surface area contributed by atoms with Gasteiger partial charge >= 0.3 is 0 Å². The van der Waals surface area contributed by atoms with Gasteiger partial charge < -0.3 is 15.5 Å². The van der Waals surface area contributed by atoms with Crippen LogP contribution in [0.25, 0.3) is 0 Å². The number of nitrogens with zero attached hydrogens (tertiary/aromatic N) is 2. The van der Waals surface area contributed by atoms with Crippen LogP contribution in [0.1, 0.15) is 43.0 Å². The number of carbonyl (C=O) groups excluding carboxylic acids is 2. The van der Waals surface area contributed by atoms with Crippen LogP contribution in [0.3, 0.4) is 0 Å². The quantitative estimate of drug-likeness (QED) is 0.711. The van der Waals surface area contributed by atoms with Crippen LogP contribution in [-0.4, -0.2) is 59.7 Å². The average Bonchev–Trinajstić information content (AvgIpc) is 3.35. The molecular formula is C19H28N4O2S. The van der Waals surface area contributed by atoms with Crippen molar-refractivity contribution in [2.24, 2.45) is 5.92 Å². The zero-order valence-corrected chi connectivity index (χ0v) is 16.2. The van der Waals surface area contributed by atoms with E-state index in [-0.39, 0.29) is 17.1 Å². The highest BCUT2D eigenvalue weighted by molar-refractivity contribution is 8.00. The molecule has 2 saturated heterocycles. The first-order valence-corrected chi connectivity index (χ1v) is 10.4. The molecule has 0 aliphatic carbocycles. The van der Waals surface area contributed by atoms with Crippen LogP contribution >= 0.6 is 11.8 Å². The minimum absolute atomic E-state index is 0.104. The average molecular weight is 377 g/mol. The Kier molecular flexibility index (Phi) is 6.91. The Labute approximate surface area is 159 Å². The van der Waals surface area contributed by atoms with Crippen LogP contribution < -0.4 is 10.6 Å². The summed E-state index contributed by atoms with van der Waals surface area (Å²) in [5, 5.41) is 6.75. The first kappa shape index (κ1) is 19.2. The van der Waals surface area contributed by atoms with Gasteiger partial charge in [-0.1, -0.05) is 11.8 Å². The predicted octanol–water partition coefficient (Wildman–Crippen LogP) is 1.91. The summed E-state index contributed by atoms with van der Waals surface area (Å²) in [7, 11) is 0. The molecule has 2 atom stereocenters. The molecule has 2 N–H and O–H groups in total. The van der Waals surface area contributed by atoms with Crippen molar-refractivity contribution >= 4 is 23.6 Å². The molecule has 2 unspecified atom stereocenters. The first-order chi connectivity index (χ1) is 12.6. The topological polar surface area (TPSA) is 74.3 Å². The van der Waals surface area contributed by atoms with E-state index in [9.17, 15) is 9.59 Å². The second-order valence-corrected chi connectivity index (χ2v) is 8.38. The van der Waals surface area contributed by atoms with Gasteiger partial charge in [-0.25, -0.2) is 4.98 Å². The molecule has 0 radical (unpaired) electrons. The lowest BCUT2D eigenvalue weighted by Crippen LogP contribution is -2.34. The molecule has 142 valence electrons. The number of amides is 2. The van der Waals surface area contributed by atoms with Crippen molar-refractivity contribution < 1.29 is 9.59 Å². The van der Waals surface area contributed by atoms with Gasteiger partial charge in [0.2, 0.25) is 5.91 Å². The van der Waals surface area contributed by atoms with E-state index in [4.69, 9.17) is 0 Å². The third-order valence-corrected chi connectivity index (χ3v) is 6.17. The summed E-state index contributed by atoms with van der Waals surface area (Å²) >= 11 is 1.38. The summed E-state index contributed by atoms with van der Waals surface area (Å²) in [6, 6.07) is 3.56. The second kappa shape index (κ2) is 9.37. The van der Waals surface area contributed by atoms with Crippen molar-refractivity contribution in [1.82, 2.24) is 20.5 Å². The van der Waals surface area contributed by atoms with Gasteiger partial charge in [0, 0.05) is 25.8 Å². The van der Waals surface area contributed by atoms with Gasteiger partial charge in [-0.15, -0.1) is 0 Å². The lowest BCUT2D eigenvalue weighted by atomic mass is 10.1. The van der Waals surface area contributed by atoms with Gasteiger partial charge in [-0.3, -0.25) is 9.59 Å². The zero-order valence-electron chi connectivity index (χ0n) is 15.4. The highest BCUT2D eigenvalue weighted by atomic mass is 32.2. The van der Waals surface area contributed by atoms with Gasteiger partial charge in [-0.05, 0) is 63.7 Å². The van der Waals surface area contributed by atoms with E-state index in [1.54, 1.807) is 18.3 Å². The molecule has 0 spiro atoms. The van der Waals surface area contributed by atoms with E-state index in [0.717, 1.165) is 45.4 Å². The van der Waals surface area contributed by atoms with Crippen LogP contribution in [0.5, 0.6) is 0 Å². The lowest BCUT2D eigenvalue weighted by Gasteiger charge is -2.20. The van der Waals surface area contributed by atoms with Crippen molar-refractivity contribution in [1.29, 1.82) is 0 Å². The SMILES string of the molecule is CC(Sc1ncccc1C(=O)NCCC1CCNC1)C(=O)N1CCCC1. The Balaban J connectivity index is 1.56. The number of aromatic nitrogens is 1. The van der Waals surface area contributed by atoms with Crippen molar-refractivity contribution in [3.05, 3.63) is 23.9 Å². The summed E-state index contributed by atoms with van der Waals surface area (Å²) in [5.41, 5.74) is 0.558. The van der Waals surface area contributed by atoms with Crippen molar-refractivity contribution in [2.75, 3.05) is 32.7 Å². The molecule has 2 aliphatic rings. The van der Waals surface area contributed by atoms with E-state index >= 15 is 0 Å². The fourth-order valence-electron chi connectivity index (χ4n) is 3.52. The Morgan fingerprint density at radius 1 is 1.42 bits per heavy atom. The fourth-order valence-corrected chi connectivity index (χ4v) is 4.51. The van der Waals surface area contributed by atoms with Crippen molar-refractivity contribution in [2.45, 2.75) is 42.9 Å². The minimum atomic E-state index is -0.237. The van der Waals surface area contributed by atoms with Crippen LogP contribution in [0, 0.1) is 5.92 Å². The number of hydrogen-bond acceptors (Lipinski definition) is 5. The normalized spacial score (nSPS) is 21.0. The number of nitrogens with one attached hydrogen (secondary N) is 2. The number of thioether (sulfide) groups is 1. The predicted molar refractivity (Wildman–Crippen MR) is 103 cm³/mol. The molecule has 0 saturated carbocycles. The number of rotatable bonds is 7. The van der Waals surface area contributed by atoms with E-state index in [1.165, 1.54) is 18.2 Å². The third-order valence-electron chi connectivity index (χ3n) is 5.07. The monoisotopic (exact) mass is 376 g/mol. The summed E-state index contributed by atoms with van der Waals surface area (Å²) in [6.07, 6.45) is 6.01. The number of pyridine rings is 1. The van der Waals surface area contributed by atoms with Crippen LogP contribution in [-0.2, 0) is 4.79 Å². The van der Waals surface area contributed by atoms with Gasteiger partial charge in [0.1, 0.15) is 5.03 Å². The van der Waals surface area contributed by atoms with Crippen LogP contribution in [0.15, 0.2) is 23.4 Å². The van der Waals surface area contributed by atoms with Crippen LogP contribution in [0.2, 0.25) is 0 Å². The van der Waals surface area contributed by atoms with Gasteiger partial charge in [0.05, 0.1) is 10.8 Å². The molecule has 7 heteroatoms. The molecule has 3 rings (SSSR count). The molecule has 0 bridgehead atoms. The highest BCUT2D eigenvalue weighted by Gasteiger charge is 2.26. The summed E-state index contributed by atoms with van der Waals surface area (Å²) in [5.74, 6) is 0.682. The summed E-state index contributed by atoms with van der Waals surface area (Å²) in [4.78, 5) is 31.4. The van der Waals surface area contributed by atoms with Gasteiger partial charge in [0.15, 0.2) is 0 Å². The van der Waals surface area contributed by atoms with Gasteiger partial charge in [-0.2, -0.15) is 0 Å². The molecule has 1 aromatic heterocycles. The zero-order chi connectivity index (χ0) is 18.4. The highest BCUT2D eigenvalue weighted by Crippen LogP contribution is 2.27. The third kappa shape index (κ3) is 4.98. The molecular weight excluding hydrogens is 348 g/mol. The Bertz CT molecular complexity index is 628. The van der Waals surface area contributed by atoms with E-state index in [1.807, 2.05) is 11.8 Å². The molecule has 3 heterocycles. The molecule has 1 aromatic rings. The molecule has 2 amide bonds. The Morgan fingerprint density at radius 2 is 2.23 bits per heavy atom. The summed E-state index contributed by atoms with van der Waals surface area (Å²) in [6.45, 7) is 6.37. The first-order valence-electron chi connectivity index (χ1n) is 9.54. The smallest absolute Gasteiger partial charge is 0.254 e. The Morgan fingerprint density at radius 3 is 2.96 bits per heavy atom. The molecule has 2 aliphatic heterocycles. The largest absolute Gasteiger partial charge is 0.352 e. The minimum Gasteiger partial charge on any atom is -0.352 e. The second-order valence-electron chi connectivity index (χ2n) is 7.05. The standard InChI is InChI=1S/C19H28N4O2S/c1-14(19(25)23-11-2-3-12-23)26-18-16(5-4-8-22-18)17(24)21-10-7-15-6-9-20-13-15/h4-5,8,14-15,20H,2-3,6-7,9-13H2,1H3,(H,21,24). The molecule has 2 fully saturated rings. The summed E-state index contributed by atoms with van der Waals surface area (Å²) < 4.78 is 0. The van der Waals surface area contributed by atoms with E-state index < -0.39 is 0 Å². The molecule has 0 aromatic carbocycles. The lowest BCUT2D eigenvalue weighted by molar-refractivity contribution is -0.129. The van der Waals surface area contributed by atoms with Crippen LogP contribution in [0.4, 0.5) is 0 Å². The van der Waals surface area contributed by atoms with Gasteiger partial charge in [0.25, 0.3) is 5.91 Å². The molecule has 26 heavy (non-hydrogen) atoms. The van der Waals surface area contributed by atoms with E-state index in [2.05, 4.69) is 15.6 Å². The maximum absolute atomic E-state index is 12.6. The van der Waals surface area contributed by atoms with E-state index in [0.29, 0.717) is 23.1 Å². The number of hydrogen-bond donors (Lipinski definition) is 2. The number of likely N-dealkylation sites (tertiary alicyclic amines) is 1. The Hall–Kier alpha value is -1.60. The maximum Gasteiger partial charge on any atom is 0.254 e. The number of carbonyl (C=O) groups is 2. The van der Waals surface area contributed by atoms with Crippen molar-refractivity contribution in [3.63, 3.8) is 0 Å². The fraction of sp³-hybridized carbons (Fsp3) is 0.632. The molecule has 6 nitrogen and oxygen atoms in total. The van der Waals surface area contributed by atoms with Crippen molar-refractivity contribution in [3.8, 4) is 0 Å².